The molecule has 1 aromatic rings. The van der Waals surface area contributed by atoms with E-state index in [2.05, 4.69) is 4.90 Å². The van der Waals surface area contributed by atoms with Gasteiger partial charge in [0.05, 0.1) is 18.7 Å². The van der Waals surface area contributed by atoms with Crippen molar-refractivity contribution in [3.05, 3.63) is 23.8 Å². The second kappa shape index (κ2) is 5.09. The number of ether oxygens (including phenoxy) is 1. The monoisotopic (exact) mass is 264 g/mol. The Balaban J connectivity index is 2.29. The van der Waals surface area contributed by atoms with Crippen LogP contribution in [0.1, 0.15) is 25.8 Å². The largest absolute Gasteiger partial charge is 0.484 e. The predicted molar refractivity (Wildman–Crippen MR) is 73.5 cm³/mol. The van der Waals surface area contributed by atoms with E-state index in [1.807, 2.05) is 32.0 Å². The molecule has 1 aromatic carbocycles. The molecule has 0 fully saturated rings. The smallest absolute Gasteiger partial charge is 0.305 e. The Hall–Kier alpha value is -1.75. The summed E-state index contributed by atoms with van der Waals surface area (Å²) >= 11 is 0. The van der Waals surface area contributed by atoms with Gasteiger partial charge in [0.2, 0.25) is 0 Å². The van der Waals surface area contributed by atoms with Gasteiger partial charge in [0.1, 0.15) is 11.4 Å². The SMILES string of the molecule is CC1(C)CN(CCC(=O)O)c2ccc(CN)cc2O1. The number of carboxylic acid groups (broad SMARTS) is 1. The molecule has 2 rings (SSSR count). The van der Waals surface area contributed by atoms with Gasteiger partial charge < -0.3 is 20.5 Å². The van der Waals surface area contributed by atoms with Crippen LogP contribution in [-0.4, -0.2) is 29.8 Å². The first-order chi connectivity index (χ1) is 8.91. The highest BCUT2D eigenvalue weighted by Crippen LogP contribution is 2.37. The summed E-state index contributed by atoms with van der Waals surface area (Å²) in [5, 5.41) is 8.83. The first kappa shape index (κ1) is 13.7. The minimum Gasteiger partial charge on any atom is -0.484 e. The van der Waals surface area contributed by atoms with Gasteiger partial charge in [-0.15, -0.1) is 0 Å². The Bertz CT molecular complexity index is 486. The molecule has 1 aliphatic heterocycles. The number of nitrogens with zero attached hydrogens (tertiary/aromatic N) is 1. The van der Waals surface area contributed by atoms with E-state index >= 15 is 0 Å². The van der Waals surface area contributed by atoms with Crippen LogP contribution in [0.4, 0.5) is 5.69 Å². The summed E-state index contributed by atoms with van der Waals surface area (Å²) in [6.07, 6.45) is 0.119. The second-order valence-corrected chi connectivity index (χ2v) is 5.43. The molecule has 0 aliphatic carbocycles. The van der Waals surface area contributed by atoms with Gasteiger partial charge in [0, 0.05) is 13.1 Å². The van der Waals surface area contributed by atoms with Gasteiger partial charge in [0.25, 0.3) is 0 Å². The van der Waals surface area contributed by atoms with Crippen LogP contribution in [0.15, 0.2) is 18.2 Å². The lowest BCUT2D eigenvalue weighted by Crippen LogP contribution is -2.47. The number of nitrogens with two attached hydrogens (primary N) is 1. The van der Waals surface area contributed by atoms with Gasteiger partial charge in [-0.2, -0.15) is 0 Å². The summed E-state index contributed by atoms with van der Waals surface area (Å²) in [6, 6.07) is 5.84. The van der Waals surface area contributed by atoms with Crippen LogP contribution < -0.4 is 15.4 Å². The summed E-state index contributed by atoms with van der Waals surface area (Å²) in [4.78, 5) is 12.8. The van der Waals surface area contributed by atoms with E-state index in [1.165, 1.54) is 0 Å². The van der Waals surface area contributed by atoms with Crippen molar-refractivity contribution in [1.29, 1.82) is 0 Å². The molecular weight excluding hydrogens is 244 g/mol. The molecule has 104 valence electrons. The molecule has 0 saturated carbocycles. The molecule has 0 aromatic heterocycles. The highest BCUT2D eigenvalue weighted by atomic mass is 16.5. The van der Waals surface area contributed by atoms with Gasteiger partial charge in [-0.3, -0.25) is 4.79 Å². The first-order valence-corrected chi connectivity index (χ1v) is 6.40. The molecule has 0 bridgehead atoms. The van der Waals surface area contributed by atoms with Crippen molar-refractivity contribution in [3.8, 4) is 5.75 Å². The number of carboxylic acids is 1. The molecule has 0 amide bonds. The van der Waals surface area contributed by atoms with Crippen molar-refractivity contribution in [3.63, 3.8) is 0 Å². The van der Waals surface area contributed by atoms with Crippen molar-refractivity contribution in [2.45, 2.75) is 32.4 Å². The second-order valence-electron chi connectivity index (χ2n) is 5.43. The topological polar surface area (TPSA) is 75.8 Å². The summed E-state index contributed by atoms with van der Waals surface area (Å²) < 4.78 is 5.95. The quantitative estimate of drug-likeness (QED) is 0.864. The molecule has 0 saturated heterocycles. The Morgan fingerprint density at radius 2 is 2.26 bits per heavy atom. The predicted octanol–water partition coefficient (Wildman–Crippen LogP) is 1.60. The molecular formula is C14H20N2O3. The average Bonchev–Trinajstić information content (AvgIpc) is 2.33. The van der Waals surface area contributed by atoms with Crippen molar-refractivity contribution < 1.29 is 14.6 Å². The zero-order valence-corrected chi connectivity index (χ0v) is 11.3. The van der Waals surface area contributed by atoms with Crippen LogP contribution in [0, 0.1) is 0 Å². The minimum absolute atomic E-state index is 0.119. The third kappa shape index (κ3) is 3.17. The normalized spacial score (nSPS) is 16.7. The van der Waals surface area contributed by atoms with E-state index in [1.54, 1.807) is 0 Å². The summed E-state index contributed by atoms with van der Waals surface area (Å²) in [5.74, 6) is -0.00554. The average molecular weight is 264 g/mol. The third-order valence-corrected chi connectivity index (χ3v) is 3.15. The molecule has 5 nitrogen and oxygen atoms in total. The van der Waals surface area contributed by atoms with E-state index in [9.17, 15) is 4.79 Å². The number of hydrogen-bond acceptors (Lipinski definition) is 4. The number of hydrogen-bond donors (Lipinski definition) is 2. The maximum Gasteiger partial charge on any atom is 0.305 e. The molecule has 1 aliphatic rings. The lowest BCUT2D eigenvalue weighted by molar-refractivity contribution is -0.136. The molecule has 0 spiro atoms. The van der Waals surface area contributed by atoms with Crippen LogP contribution in [0.3, 0.4) is 0 Å². The fraction of sp³-hybridized carbons (Fsp3) is 0.500. The first-order valence-electron chi connectivity index (χ1n) is 6.40. The van der Waals surface area contributed by atoms with E-state index < -0.39 is 5.97 Å². The van der Waals surface area contributed by atoms with E-state index in [4.69, 9.17) is 15.6 Å². The van der Waals surface area contributed by atoms with E-state index in [-0.39, 0.29) is 12.0 Å². The number of carbonyl (C=O) groups is 1. The number of fused-ring (bicyclic) bond motifs is 1. The maximum absolute atomic E-state index is 10.7. The number of anilines is 1. The lowest BCUT2D eigenvalue weighted by atomic mass is 10.0. The molecule has 5 heteroatoms. The van der Waals surface area contributed by atoms with Crippen molar-refractivity contribution in [2.75, 3.05) is 18.0 Å². The zero-order chi connectivity index (χ0) is 14.0. The van der Waals surface area contributed by atoms with Crippen LogP contribution in [-0.2, 0) is 11.3 Å². The Labute approximate surface area is 113 Å². The van der Waals surface area contributed by atoms with Crippen molar-refractivity contribution in [1.82, 2.24) is 0 Å². The molecule has 0 radical (unpaired) electrons. The summed E-state index contributed by atoms with van der Waals surface area (Å²) in [7, 11) is 0. The van der Waals surface area contributed by atoms with Crippen LogP contribution in [0.25, 0.3) is 0 Å². The Morgan fingerprint density at radius 1 is 1.53 bits per heavy atom. The molecule has 3 N–H and O–H groups in total. The minimum atomic E-state index is -0.788. The summed E-state index contributed by atoms with van der Waals surface area (Å²) in [5.41, 5.74) is 7.25. The fourth-order valence-electron chi connectivity index (χ4n) is 2.33. The lowest BCUT2D eigenvalue weighted by Gasteiger charge is -2.41. The van der Waals surface area contributed by atoms with Gasteiger partial charge in [-0.05, 0) is 31.5 Å². The number of aliphatic carboxylic acids is 1. The Morgan fingerprint density at radius 3 is 2.89 bits per heavy atom. The molecule has 0 unspecified atom stereocenters. The maximum atomic E-state index is 10.7. The van der Waals surface area contributed by atoms with Gasteiger partial charge in [-0.1, -0.05) is 6.07 Å². The van der Waals surface area contributed by atoms with E-state index in [0.717, 1.165) is 17.0 Å². The van der Waals surface area contributed by atoms with Crippen molar-refractivity contribution >= 4 is 11.7 Å². The molecule has 0 atom stereocenters. The third-order valence-electron chi connectivity index (χ3n) is 3.15. The fourth-order valence-corrected chi connectivity index (χ4v) is 2.33. The zero-order valence-electron chi connectivity index (χ0n) is 11.3. The van der Waals surface area contributed by atoms with Gasteiger partial charge in [-0.25, -0.2) is 0 Å². The number of benzene rings is 1. The van der Waals surface area contributed by atoms with Crippen LogP contribution in [0.2, 0.25) is 0 Å². The van der Waals surface area contributed by atoms with Crippen LogP contribution >= 0.6 is 0 Å². The molecule has 1 heterocycles. The highest BCUT2D eigenvalue weighted by Gasteiger charge is 2.31. The molecule has 19 heavy (non-hydrogen) atoms. The van der Waals surface area contributed by atoms with E-state index in [0.29, 0.717) is 19.6 Å². The highest BCUT2D eigenvalue weighted by molar-refractivity contribution is 5.69. The summed E-state index contributed by atoms with van der Waals surface area (Å²) in [6.45, 7) is 5.62. The van der Waals surface area contributed by atoms with Gasteiger partial charge >= 0.3 is 5.97 Å². The Kier molecular flexibility index (Phi) is 3.66. The van der Waals surface area contributed by atoms with Gasteiger partial charge in [0.15, 0.2) is 0 Å². The van der Waals surface area contributed by atoms with Crippen LogP contribution in [0.5, 0.6) is 5.75 Å². The standard InChI is InChI=1S/C14H20N2O3/c1-14(2)9-16(6-5-13(17)18)11-4-3-10(8-15)7-12(11)19-14/h3-4,7H,5-6,8-9,15H2,1-2H3,(H,17,18). The number of rotatable bonds is 4. The van der Waals surface area contributed by atoms with Crippen molar-refractivity contribution in [2.24, 2.45) is 5.73 Å².